The maximum absolute atomic E-state index is 13.7. The highest BCUT2D eigenvalue weighted by Gasteiger charge is 2.44. The van der Waals surface area contributed by atoms with Crippen molar-refractivity contribution in [3.63, 3.8) is 0 Å². The molecule has 0 spiro atoms. The summed E-state index contributed by atoms with van der Waals surface area (Å²) >= 11 is 0. The molecule has 7 heteroatoms. The Morgan fingerprint density at radius 2 is 1.79 bits per heavy atom. The van der Waals surface area contributed by atoms with Gasteiger partial charge < -0.3 is 19.5 Å². The molecule has 4 heterocycles. The lowest BCUT2D eigenvalue weighted by Gasteiger charge is -2.40. The highest BCUT2D eigenvalue weighted by molar-refractivity contribution is 5.96. The van der Waals surface area contributed by atoms with Crippen LogP contribution in [0.4, 0.5) is 0 Å². The topological polar surface area (TPSA) is 65.8 Å². The number of amides is 2. The van der Waals surface area contributed by atoms with E-state index in [1.54, 1.807) is 17.0 Å². The van der Waals surface area contributed by atoms with Gasteiger partial charge in [-0.2, -0.15) is 0 Å². The second kappa shape index (κ2) is 8.20. The zero-order valence-electron chi connectivity index (χ0n) is 16.3. The van der Waals surface area contributed by atoms with Crippen molar-refractivity contribution in [2.45, 2.75) is 50.4 Å². The van der Waals surface area contributed by atoms with Crippen LogP contribution in [0.15, 0.2) is 47.1 Å². The predicted molar refractivity (Wildman–Crippen MR) is 111 cm³/mol. The zero-order valence-corrected chi connectivity index (χ0v) is 17.1. The van der Waals surface area contributed by atoms with Gasteiger partial charge in [-0.3, -0.25) is 9.59 Å². The third-order valence-corrected chi connectivity index (χ3v) is 6.44. The van der Waals surface area contributed by atoms with Crippen molar-refractivity contribution in [2.75, 3.05) is 13.1 Å². The number of benzene rings is 1. The number of carbonyl (C=O) groups excluding carboxylic acids is 2. The quantitative estimate of drug-likeness (QED) is 0.818. The smallest absolute Gasteiger partial charge is 0.290 e. The van der Waals surface area contributed by atoms with Crippen LogP contribution in [-0.2, 0) is 17.8 Å². The fourth-order valence-corrected chi connectivity index (χ4v) is 5.01. The molecule has 3 atom stereocenters. The summed E-state index contributed by atoms with van der Waals surface area (Å²) in [6.07, 6.45) is 5.15. The maximum atomic E-state index is 13.7. The van der Waals surface area contributed by atoms with Gasteiger partial charge >= 0.3 is 0 Å². The minimum atomic E-state index is -0.478. The molecule has 2 fully saturated rings. The first-order valence-electron chi connectivity index (χ1n) is 10.2. The van der Waals surface area contributed by atoms with Crippen LogP contribution in [0.3, 0.4) is 0 Å². The van der Waals surface area contributed by atoms with E-state index in [9.17, 15) is 9.59 Å². The third kappa shape index (κ3) is 3.55. The van der Waals surface area contributed by atoms with Crippen LogP contribution in [0.1, 0.15) is 40.9 Å². The van der Waals surface area contributed by atoms with E-state index in [-0.39, 0.29) is 42.1 Å². The van der Waals surface area contributed by atoms with Crippen LogP contribution in [0.25, 0.3) is 0 Å². The van der Waals surface area contributed by atoms with E-state index < -0.39 is 6.04 Å². The summed E-state index contributed by atoms with van der Waals surface area (Å²) in [6, 6.07) is 11.5. The van der Waals surface area contributed by atoms with Gasteiger partial charge in [-0.05, 0) is 49.1 Å². The summed E-state index contributed by atoms with van der Waals surface area (Å²) in [4.78, 5) is 30.7. The number of nitrogens with zero attached hydrogens (tertiary/aromatic N) is 2. The number of nitrogens with one attached hydrogen (secondary N) is 1. The van der Waals surface area contributed by atoms with Gasteiger partial charge in [0.25, 0.3) is 5.91 Å². The minimum absolute atomic E-state index is 0. The Morgan fingerprint density at radius 1 is 1.00 bits per heavy atom. The Balaban J connectivity index is 0.00000205. The fraction of sp³-hybridized carbons (Fsp3) is 0.455. The van der Waals surface area contributed by atoms with Gasteiger partial charge in [0.1, 0.15) is 6.04 Å². The molecule has 1 N–H and O–H groups in total. The lowest BCUT2D eigenvalue weighted by atomic mass is 9.92. The standard InChI is InChI=1S/C22H25N3O3.ClH/c26-21(25-17-7-8-18(25)13-23-10-9-17)19-12-15-4-1-2-5-16(15)14-24(19)22(27)20-6-3-11-28-20;/h1-6,11,17-19,23H,7-10,12-14H2;1H. The van der Waals surface area contributed by atoms with Crippen molar-refractivity contribution >= 4 is 24.2 Å². The molecule has 5 rings (SSSR count). The van der Waals surface area contributed by atoms with Crippen LogP contribution in [0, 0.1) is 0 Å². The molecule has 0 aliphatic carbocycles. The van der Waals surface area contributed by atoms with E-state index in [4.69, 9.17) is 4.42 Å². The monoisotopic (exact) mass is 415 g/mol. The predicted octanol–water partition coefficient (Wildman–Crippen LogP) is 2.62. The Hall–Kier alpha value is -2.31. The molecule has 3 unspecified atom stereocenters. The van der Waals surface area contributed by atoms with E-state index in [2.05, 4.69) is 16.3 Å². The van der Waals surface area contributed by atoms with Gasteiger partial charge in [-0.1, -0.05) is 24.3 Å². The van der Waals surface area contributed by atoms with Crippen molar-refractivity contribution in [1.82, 2.24) is 15.1 Å². The second-order valence-corrected chi connectivity index (χ2v) is 8.02. The molecule has 1 aromatic carbocycles. The lowest BCUT2D eigenvalue weighted by Crippen LogP contribution is -2.56. The largest absolute Gasteiger partial charge is 0.459 e. The molecule has 2 bridgehead atoms. The zero-order chi connectivity index (χ0) is 19.1. The average molecular weight is 416 g/mol. The number of rotatable bonds is 2. The maximum Gasteiger partial charge on any atom is 0.290 e. The number of carbonyl (C=O) groups is 2. The minimum Gasteiger partial charge on any atom is -0.459 e. The average Bonchev–Trinajstić information content (AvgIpc) is 3.33. The molecule has 0 radical (unpaired) electrons. The first-order valence-corrected chi connectivity index (χ1v) is 10.2. The summed E-state index contributed by atoms with van der Waals surface area (Å²) in [5.41, 5.74) is 2.26. The SMILES string of the molecule is Cl.O=C(c1ccco1)N1Cc2ccccc2CC1C(=O)N1C2CCNCC1CC2. The lowest BCUT2D eigenvalue weighted by molar-refractivity contribution is -0.139. The molecular weight excluding hydrogens is 390 g/mol. The molecule has 2 aromatic rings. The molecule has 6 nitrogen and oxygen atoms in total. The van der Waals surface area contributed by atoms with Gasteiger partial charge in [-0.25, -0.2) is 0 Å². The Morgan fingerprint density at radius 3 is 2.59 bits per heavy atom. The van der Waals surface area contributed by atoms with Crippen LogP contribution in [-0.4, -0.2) is 52.8 Å². The molecule has 154 valence electrons. The van der Waals surface area contributed by atoms with Gasteiger partial charge in [0.2, 0.25) is 5.91 Å². The molecule has 0 saturated carbocycles. The highest BCUT2D eigenvalue weighted by Crippen LogP contribution is 2.32. The van der Waals surface area contributed by atoms with Crippen LogP contribution < -0.4 is 5.32 Å². The third-order valence-electron chi connectivity index (χ3n) is 6.44. The van der Waals surface area contributed by atoms with Gasteiger partial charge in [0.15, 0.2) is 5.76 Å². The number of fused-ring (bicyclic) bond motifs is 3. The Labute approximate surface area is 176 Å². The normalized spacial score (nSPS) is 25.7. The summed E-state index contributed by atoms with van der Waals surface area (Å²) in [7, 11) is 0. The fourth-order valence-electron chi connectivity index (χ4n) is 5.01. The first kappa shape index (κ1) is 20.0. The summed E-state index contributed by atoms with van der Waals surface area (Å²) in [5, 5.41) is 3.45. The molecule has 3 aliphatic rings. The first-order chi connectivity index (χ1) is 13.7. The van der Waals surface area contributed by atoms with Crippen LogP contribution in [0.2, 0.25) is 0 Å². The number of hydrogen-bond acceptors (Lipinski definition) is 4. The van der Waals surface area contributed by atoms with E-state index in [1.165, 1.54) is 6.26 Å². The second-order valence-electron chi connectivity index (χ2n) is 8.02. The van der Waals surface area contributed by atoms with Crippen molar-refractivity contribution in [1.29, 1.82) is 0 Å². The Bertz CT molecular complexity index is 871. The highest BCUT2D eigenvalue weighted by atomic mass is 35.5. The van der Waals surface area contributed by atoms with Gasteiger partial charge in [0.05, 0.1) is 6.26 Å². The van der Waals surface area contributed by atoms with Crippen molar-refractivity contribution < 1.29 is 14.0 Å². The van der Waals surface area contributed by atoms with Crippen molar-refractivity contribution in [3.8, 4) is 0 Å². The van der Waals surface area contributed by atoms with Crippen molar-refractivity contribution in [3.05, 3.63) is 59.5 Å². The van der Waals surface area contributed by atoms with E-state index >= 15 is 0 Å². The van der Waals surface area contributed by atoms with Crippen LogP contribution in [0.5, 0.6) is 0 Å². The summed E-state index contributed by atoms with van der Waals surface area (Å²) in [6.45, 7) is 2.23. The van der Waals surface area contributed by atoms with Gasteiger partial charge in [-0.15, -0.1) is 12.4 Å². The molecule has 2 amide bonds. The van der Waals surface area contributed by atoms with E-state index in [1.807, 2.05) is 18.2 Å². The number of furan rings is 1. The molecule has 1 aromatic heterocycles. The summed E-state index contributed by atoms with van der Waals surface area (Å²) in [5.74, 6) is 0.168. The molecular formula is C22H26ClN3O3. The Kier molecular flexibility index (Phi) is 5.65. The van der Waals surface area contributed by atoms with E-state index in [0.29, 0.717) is 13.0 Å². The van der Waals surface area contributed by atoms with E-state index in [0.717, 1.165) is 43.5 Å². The van der Waals surface area contributed by atoms with Crippen LogP contribution >= 0.6 is 12.4 Å². The molecule has 29 heavy (non-hydrogen) atoms. The molecule has 2 saturated heterocycles. The summed E-state index contributed by atoms with van der Waals surface area (Å²) < 4.78 is 5.36. The number of halogens is 1. The number of hydrogen-bond donors (Lipinski definition) is 1. The molecule has 3 aliphatic heterocycles. The van der Waals surface area contributed by atoms with Gasteiger partial charge in [0, 0.05) is 31.6 Å². The van der Waals surface area contributed by atoms with Crippen molar-refractivity contribution in [2.24, 2.45) is 0 Å².